The second-order valence-electron chi connectivity index (χ2n) is 12.9. The van der Waals surface area contributed by atoms with E-state index in [9.17, 15) is 19.5 Å². The summed E-state index contributed by atoms with van der Waals surface area (Å²) in [5, 5.41) is 14.0. The van der Waals surface area contributed by atoms with Crippen LogP contribution in [0.15, 0.2) is 30.3 Å². The number of anilines is 2. The van der Waals surface area contributed by atoms with Crippen molar-refractivity contribution in [2.75, 3.05) is 23.3 Å². The summed E-state index contributed by atoms with van der Waals surface area (Å²) in [5.74, 6) is -9.53. The Hall–Kier alpha value is -2.17. The molecule has 2 fully saturated rings. The Bertz CT molecular complexity index is 1510. The smallest absolute Gasteiger partial charge is 0.310 e. The minimum atomic E-state index is -3.29. The van der Waals surface area contributed by atoms with E-state index in [4.69, 9.17) is 46.4 Å². The number of carbonyl (C=O) groups excluding carboxylic acids is 2. The van der Waals surface area contributed by atoms with Crippen molar-refractivity contribution in [2.24, 2.45) is 11.8 Å². The van der Waals surface area contributed by atoms with Gasteiger partial charge in [-0.2, -0.15) is 0 Å². The van der Waals surface area contributed by atoms with Crippen LogP contribution >= 0.6 is 46.4 Å². The molecule has 0 unspecified atom stereocenters. The first kappa shape index (κ1) is 36.1. The molecule has 0 aromatic heterocycles. The number of hydrogen-bond acceptors (Lipinski definition) is 4. The monoisotopic (exact) mass is 731 g/mol. The van der Waals surface area contributed by atoms with E-state index in [0.29, 0.717) is 12.1 Å². The highest BCUT2D eigenvalue weighted by Gasteiger charge is 2.74. The molecule has 0 radical (unpaired) electrons. The van der Waals surface area contributed by atoms with E-state index in [1.165, 1.54) is 60.1 Å². The highest BCUT2D eigenvalue weighted by Crippen LogP contribution is 2.61. The lowest BCUT2D eigenvalue weighted by atomic mass is 9.73. The number of rotatable bonds is 14. The van der Waals surface area contributed by atoms with Crippen molar-refractivity contribution < 1.29 is 28.3 Å². The molecule has 0 aliphatic carbocycles. The molecule has 2 aromatic rings. The number of unbranched alkanes of at least 4 members (excludes halogenated alkanes) is 9. The molecule has 2 aromatic carbocycles. The first-order valence-corrected chi connectivity index (χ1v) is 17.8. The summed E-state index contributed by atoms with van der Waals surface area (Å²) in [7, 11) is 0. The van der Waals surface area contributed by atoms with E-state index >= 15 is 8.78 Å². The molecule has 0 saturated carbocycles. The molecule has 1 spiro atoms. The van der Waals surface area contributed by atoms with Gasteiger partial charge in [0.25, 0.3) is 11.8 Å². The molecule has 5 rings (SSSR count). The van der Waals surface area contributed by atoms with Crippen LogP contribution in [0, 0.1) is 11.8 Å². The molecule has 2 amide bonds. The van der Waals surface area contributed by atoms with Crippen LogP contribution < -0.4 is 10.2 Å². The minimum Gasteiger partial charge on any atom is -0.481 e. The summed E-state index contributed by atoms with van der Waals surface area (Å²) in [5.41, 5.74) is -1.65. The fourth-order valence-electron chi connectivity index (χ4n) is 7.78. The summed E-state index contributed by atoms with van der Waals surface area (Å²) in [4.78, 5) is 44.5. The molecule has 3 heterocycles. The lowest BCUT2D eigenvalue weighted by Gasteiger charge is -2.36. The largest absolute Gasteiger partial charge is 0.481 e. The molecule has 3 aliphatic heterocycles. The predicted molar refractivity (Wildman–Crippen MR) is 182 cm³/mol. The first-order chi connectivity index (χ1) is 22.3. The van der Waals surface area contributed by atoms with Gasteiger partial charge in [-0.15, -0.1) is 0 Å². The topological polar surface area (TPSA) is 90.0 Å². The second kappa shape index (κ2) is 14.8. The average Bonchev–Trinajstić information content (AvgIpc) is 3.56. The Labute approximate surface area is 293 Å². The number of benzene rings is 2. The van der Waals surface area contributed by atoms with Crippen molar-refractivity contribution in [3.8, 4) is 0 Å². The van der Waals surface area contributed by atoms with Crippen LogP contribution in [-0.4, -0.2) is 52.8 Å². The van der Waals surface area contributed by atoms with Gasteiger partial charge < -0.3 is 15.3 Å². The van der Waals surface area contributed by atoms with E-state index in [-0.39, 0.29) is 37.9 Å². The maximum atomic E-state index is 15.3. The van der Waals surface area contributed by atoms with Gasteiger partial charge in [-0.1, -0.05) is 111 Å². The average molecular weight is 734 g/mol. The highest BCUT2D eigenvalue weighted by atomic mass is 35.5. The van der Waals surface area contributed by atoms with Crippen LogP contribution in [0.4, 0.5) is 20.2 Å². The van der Waals surface area contributed by atoms with Crippen LogP contribution in [0.5, 0.6) is 0 Å². The predicted octanol–water partition coefficient (Wildman–Crippen LogP) is 9.44. The van der Waals surface area contributed by atoms with Gasteiger partial charge in [0.2, 0.25) is 5.91 Å². The molecule has 256 valence electrons. The molecule has 0 bridgehead atoms. The third-order valence-corrected chi connectivity index (χ3v) is 10.7. The molecule has 4 atom stereocenters. The van der Waals surface area contributed by atoms with Crippen molar-refractivity contribution >= 4 is 75.6 Å². The summed E-state index contributed by atoms with van der Waals surface area (Å²) in [6.45, 7) is 1.46. The van der Waals surface area contributed by atoms with E-state index in [1.807, 2.05) is 0 Å². The number of alkyl halides is 2. The van der Waals surface area contributed by atoms with Gasteiger partial charge in [-0.05, 0) is 36.8 Å². The zero-order chi connectivity index (χ0) is 34.1. The van der Waals surface area contributed by atoms with E-state index in [1.54, 1.807) is 12.1 Å². The number of nitrogens with one attached hydrogen (secondary N) is 1. The standard InChI is InChI=1S/C34H39Cl4F2N3O4/c1-2-3-4-5-6-7-8-9-10-11-12-42(23-14-20(35)13-21(36)15-23)30(44)27-26-18-33(39,40)19-43(26)34(28(27)31(45)46)24-16-22(37)17-25(38)29(24)41-32(34)47/h13-17,26-28H,2-12,18-19H2,1H3,(H,41,47)(H,45,46)/t26-,27+,28-,34+/m1/s1. The van der Waals surface area contributed by atoms with Crippen LogP contribution in [-0.2, 0) is 19.9 Å². The number of hydrogen-bond donors (Lipinski definition) is 2. The Balaban J connectivity index is 1.48. The van der Waals surface area contributed by atoms with Gasteiger partial charge in [0.15, 0.2) is 0 Å². The van der Waals surface area contributed by atoms with Crippen molar-refractivity contribution in [3.63, 3.8) is 0 Å². The third-order valence-electron chi connectivity index (χ3n) is 9.75. The zero-order valence-electron chi connectivity index (χ0n) is 26.1. The highest BCUT2D eigenvalue weighted by molar-refractivity contribution is 6.38. The molecular weight excluding hydrogens is 694 g/mol. The Kier molecular flexibility index (Phi) is 11.3. The molecular formula is C34H39Cl4F2N3O4. The Morgan fingerprint density at radius 3 is 2.09 bits per heavy atom. The van der Waals surface area contributed by atoms with E-state index in [0.717, 1.165) is 25.7 Å². The zero-order valence-corrected chi connectivity index (χ0v) is 29.2. The Morgan fingerprint density at radius 1 is 0.915 bits per heavy atom. The molecule has 7 nitrogen and oxygen atoms in total. The van der Waals surface area contributed by atoms with Crippen LogP contribution in [0.25, 0.3) is 0 Å². The van der Waals surface area contributed by atoms with Gasteiger partial charge in [-0.3, -0.25) is 19.3 Å². The number of amides is 2. The summed E-state index contributed by atoms with van der Waals surface area (Å²) in [6.07, 6.45) is 9.83. The quantitative estimate of drug-likeness (QED) is 0.189. The maximum Gasteiger partial charge on any atom is 0.310 e. The van der Waals surface area contributed by atoms with Gasteiger partial charge in [0.1, 0.15) is 11.5 Å². The summed E-state index contributed by atoms with van der Waals surface area (Å²) in [6, 6.07) is 6.07. The van der Waals surface area contributed by atoms with Gasteiger partial charge in [-0.25, -0.2) is 8.78 Å². The van der Waals surface area contributed by atoms with Crippen molar-refractivity contribution in [1.29, 1.82) is 0 Å². The van der Waals surface area contributed by atoms with Crippen LogP contribution in [0.1, 0.15) is 83.1 Å². The lowest BCUT2D eigenvalue weighted by molar-refractivity contribution is -0.153. The second-order valence-corrected chi connectivity index (χ2v) is 14.6. The summed E-state index contributed by atoms with van der Waals surface area (Å²) >= 11 is 25.4. The first-order valence-electron chi connectivity index (χ1n) is 16.3. The Morgan fingerprint density at radius 2 is 1.49 bits per heavy atom. The fraction of sp³-hybridized carbons (Fsp3) is 0.559. The van der Waals surface area contributed by atoms with Crippen LogP contribution in [0.3, 0.4) is 0 Å². The SMILES string of the molecule is CCCCCCCCCCCCN(C(=O)[C@H]1[C@H]2CC(F)(F)CN2[C@]2(C(=O)Nc3c(Cl)cc(Cl)cc32)[C@H]1C(=O)O)c1cc(Cl)cc(Cl)c1. The number of nitrogens with zero attached hydrogens (tertiary/aromatic N) is 2. The molecule has 2 saturated heterocycles. The van der Waals surface area contributed by atoms with Gasteiger partial charge >= 0.3 is 5.97 Å². The molecule has 13 heteroatoms. The number of carboxylic acid groups (broad SMARTS) is 1. The normalized spacial score (nSPS) is 24.4. The minimum absolute atomic E-state index is 0.0373. The van der Waals surface area contributed by atoms with Crippen LogP contribution in [0.2, 0.25) is 20.1 Å². The molecule has 3 aliphatic rings. The number of carboxylic acids is 1. The number of aliphatic carboxylic acids is 1. The lowest BCUT2D eigenvalue weighted by Crippen LogP contribution is -2.54. The van der Waals surface area contributed by atoms with Crippen molar-refractivity contribution in [1.82, 2.24) is 4.90 Å². The van der Waals surface area contributed by atoms with E-state index in [2.05, 4.69) is 12.2 Å². The summed E-state index contributed by atoms with van der Waals surface area (Å²) < 4.78 is 30.5. The number of fused-ring (bicyclic) bond motifs is 4. The van der Waals surface area contributed by atoms with Gasteiger partial charge in [0.05, 0.1) is 23.2 Å². The van der Waals surface area contributed by atoms with Gasteiger partial charge in [0, 0.05) is 45.3 Å². The van der Waals surface area contributed by atoms with Crippen molar-refractivity contribution in [3.05, 3.63) is 56.0 Å². The number of halogens is 6. The molecule has 2 N–H and O–H groups in total. The fourth-order valence-corrected chi connectivity index (χ4v) is 8.83. The third kappa shape index (κ3) is 7.11. The maximum absolute atomic E-state index is 15.3. The van der Waals surface area contributed by atoms with Crippen molar-refractivity contribution in [2.45, 2.75) is 95.1 Å². The number of carbonyl (C=O) groups is 3. The molecule has 47 heavy (non-hydrogen) atoms. The van der Waals surface area contributed by atoms with E-state index < -0.39 is 60.1 Å².